The summed E-state index contributed by atoms with van der Waals surface area (Å²) in [5.41, 5.74) is 1.06. The first kappa shape index (κ1) is 10.9. The summed E-state index contributed by atoms with van der Waals surface area (Å²) in [6.07, 6.45) is 4.00. The minimum Gasteiger partial charge on any atom is -0.478 e. The summed E-state index contributed by atoms with van der Waals surface area (Å²) in [6, 6.07) is 0. The minimum atomic E-state index is -1.04. The molecule has 0 aliphatic heterocycles. The van der Waals surface area contributed by atoms with Gasteiger partial charge in [0, 0.05) is 17.8 Å². The fraction of sp³-hybridized carbons (Fsp3) is 0. The van der Waals surface area contributed by atoms with E-state index >= 15 is 0 Å². The lowest BCUT2D eigenvalue weighted by atomic mass is 10.2. The maximum atomic E-state index is 10.4. The van der Waals surface area contributed by atoms with Crippen molar-refractivity contribution in [3.63, 3.8) is 0 Å². The van der Waals surface area contributed by atoms with Gasteiger partial charge in [0.15, 0.2) is 0 Å². The van der Waals surface area contributed by atoms with Crippen molar-refractivity contribution >= 4 is 46.3 Å². The van der Waals surface area contributed by atoms with Gasteiger partial charge in [-0.05, 0) is 17.7 Å². The van der Waals surface area contributed by atoms with Crippen molar-refractivity contribution in [2.45, 2.75) is 0 Å². The lowest BCUT2D eigenvalue weighted by molar-refractivity contribution is -0.131. The number of nitrogens with zero attached hydrogens (tertiary/aromatic N) is 2. The molecular formula is C9H5Cl2N3O2. The number of hydrogen-bond acceptors (Lipinski definition) is 3. The van der Waals surface area contributed by atoms with Crippen LogP contribution in [0.15, 0.2) is 12.3 Å². The van der Waals surface area contributed by atoms with Crippen molar-refractivity contribution in [2.24, 2.45) is 0 Å². The van der Waals surface area contributed by atoms with Crippen molar-refractivity contribution in [3.8, 4) is 0 Å². The van der Waals surface area contributed by atoms with E-state index in [2.05, 4.69) is 15.0 Å². The zero-order chi connectivity index (χ0) is 11.7. The van der Waals surface area contributed by atoms with Crippen LogP contribution in [-0.4, -0.2) is 26.0 Å². The predicted octanol–water partition coefficient (Wildman–Crippen LogP) is 2.36. The molecule has 2 N–H and O–H groups in total. The molecule has 0 amide bonds. The third-order valence-electron chi connectivity index (χ3n) is 1.90. The summed E-state index contributed by atoms with van der Waals surface area (Å²) in [4.78, 5) is 20.9. The molecule has 2 aromatic rings. The van der Waals surface area contributed by atoms with Gasteiger partial charge >= 0.3 is 5.97 Å². The summed E-state index contributed by atoms with van der Waals surface area (Å²) in [6.45, 7) is 0. The topological polar surface area (TPSA) is 78.9 Å². The molecule has 0 aliphatic rings. The van der Waals surface area contributed by atoms with Gasteiger partial charge < -0.3 is 10.1 Å². The van der Waals surface area contributed by atoms with Crippen molar-refractivity contribution in [1.82, 2.24) is 15.0 Å². The Morgan fingerprint density at radius 2 is 2.19 bits per heavy atom. The van der Waals surface area contributed by atoms with Crippen LogP contribution in [0.2, 0.25) is 10.4 Å². The lowest BCUT2D eigenvalue weighted by Crippen LogP contribution is -1.87. The van der Waals surface area contributed by atoms with E-state index in [1.165, 1.54) is 6.08 Å². The van der Waals surface area contributed by atoms with Gasteiger partial charge in [0.05, 0.1) is 5.39 Å². The van der Waals surface area contributed by atoms with Gasteiger partial charge in [0.25, 0.3) is 0 Å². The number of halogens is 2. The Morgan fingerprint density at radius 3 is 2.88 bits per heavy atom. The molecule has 5 nitrogen and oxygen atoms in total. The molecule has 0 spiro atoms. The second-order valence-corrected chi connectivity index (χ2v) is 3.62. The van der Waals surface area contributed by atoms with Crippen LogP contribution < -0.4 is 0 Å². The molecule has 0 saturated heterocycles. The van der Waals surface area contributed by atoms with Crippen molar-refractivity contribution in [1.29, 1.82) is 0 Å². The molecule has 2 heterocycles. The molecule has 0 radical (unpaired) electrons. The summed E-state index contributed by atoms with van der Waals surface area (Å²) < 4.78 is 0. The van der Waals surface area contributed by atoms with Crippen LogP contribution in [-0.2, 0) is 4.79 Å². The predicted molar refractivity (Wildman–Crippen MR) is 60.6 cm³/mol. The van der Waals surface area contributed by atoms with Crippen LogP contribution in [0.5, 0.6) is 0 Å². The van der Waals surface area contributed by atoms with E-state index in [1.54, 1.807) is 6.20 Å². The molecule has 0 unspecified atom stereocenters. The van der Waals surface area contributed by atoms with Crippen molar-refractivity contribution < 1.29 is 9.90 Å². The largest absolute Gasteiger partial charge is 0.478 e. The highest BCUT2D eigenvalue weighted by Gasteiger charge is 2.09. The quantitative estimate of drug-likeness (QED) is 0.492. The minimum absolute atomic E-state index is 0.0353. The first-order valence-corrected chi connectivity index (χ1v) is 4.94. The first-order valence-electron chi connectivity index (χ1n) is 4.19. The van der Waals surface area contributed by atoms with E-state index in [0.717, 1.165) is 6.08 Å². The molecule has 0 bridgehead atoms. The van der Waals surface area contributed by atoms with E-state index in [9.17, 15) is 4.79 Å². The maximum Gasteiger partial charge on any atom is 0.328 e. The number of rotatable bonds is 2. The molecule has 16 heavy (non-hydrogen) atoms. The van der Waals surface area contributed by atoms with Crippen molar-refractivity contribution in [2.75, 3.05) is 0 Å². The van der Waals surface area contributed by atoms with Crippen molar-refractivity contribution in [3.05, 3.63) is 28.3 Å². The van der Waals surface area contributed by atoms with Crippen LogP contribution in [0.1, 0.15) is 5.56 Å². The molecular weight excluding hydrogens is 253 g/mol. The molecule has 0 saturated carbocycles. The molecule has 7 heteroatoms. The van der Waals surface area contributed by atoms with Crippen LogP contribution >= 0.6 is 23.2 Å². The summed E-state index contributed by atoms with van der Waals surface area (Å²) in [5, 5.41) is 9.28. The Labute approximate surface area is 99.7 Å². The van der Waals surface area contributed by atoms with Gasteiger partial charge in [-0.1, -0.05) is 11.6 Å². The first-order chi connectivity index (χ1) is 7.58. The zero-order valence-corrected chi connectivity index (χ0v) is 9.25. The SMILES string of the molecule is O=C(O)C=Cc1c[nH]c2nc(Cl)nc(Cl)c12. The zero-order valence-electron chi connectivity index (χ0n) is 7.74. The van der Waals surface area contributed by atoms with E-state index in [4.69, 9.17) is 28.3 Å². The Morgan fingerprint density at radius 1 is 1.44 bits per heavy atom. The average Bonchev–Trinajstić information content (AvgIpc) is 2.57. The normalized spacial score (nSPS) is 11.4. The van der Waals surface area contributed by atoms with E-state index in [1.807, 2.05) is 0 Å². The number of nitrogens with one attached hydrogen (secondary N) is 1. The van der Waals surface area contributed by atoms with Gasteiger partial charge in [-0.2, -0.15) is 4.98 Å². The second kappa shape index (κ2) is 4.11. The van der Waals surface area contributed by atoms with Crippen LogP contribution in [0, 0.1) is 0 Å². The van der Waals surface area contributed by atoms with Gasteiger partial charge in [-0.3, -0.25) is 0 Å². The molecule has 2 rings (SSSR count). The number of carboxylic acids is 1. The Balaban J connectivity index is 2.60. The Hall–Kier alpha value is -1.59. The summed E-state index contributed by atoms with van der Waals surface area (Å²) >= 11 is 11.5. The number of fused-ring (bicyclic) bond motifs is 1. The molecule has 0 aliphatic carbocycles. The van der Waals surface area contributed by atoms with E-state index < -0.39 is 5.97 Å². The smallest absolute Gasteiger partial charge is 0.328 e. The summed E-state index contributed by atoms with van der Waals surface area (Å²) in [5.74, 6) is -1.04. The molecule has 0 fully saturated rings. The average molecular weight is 258 g/mol. The number of carbonyl (C=O) groups is 1. The fourth-order valence-corrected chi connectivity index (χ4v) is 1.77. The Kier molecular flexibility index (Phi) is 2.80. The van der Waals surface area contributed by atoms with Crippen LogP contribution in [0.25, 0.3) is 17.1 Å². The fourth-order valence-electron chi connectivity index (χ4n) is 1.28. The van der Waals surface area contributed by atoms with Gasteiger partial charge in [-0.25, -0.2) is 9.78 Å². The molecule has 2 aromatic heterocycles. The lowest BCUT2D eigenvalue weighted by Gasteiger charge is -1.95. The highest BCUT2D eigenvalue weighted by Crippen LogP contribution is 2.25. The standard InChI is InChI=1S/C9H5Cl2N3O2/c10-7-6-4(1-2-5(15)16)3-12-8(6)14-9(11)13-7/h1-3H,(H,15,16)(H,12,13,14). The number of aromatic amines is 1. The number of carboxylic acid groups (broad SMARTS) is 1. The molecule has 82 valence electrons. The van der Waals surface area contributed by atoms with Gasteiger partial charge in [0.2, 0.25) is 5.28 Å². The highest BCUT2D eigenvalue weighted by atomic mass is 35.5. The monoisotopic (exact) mass is 257 g/mol. The Bertz CT molecular complexity index is 592. The molecule has 0 aromatic carbocycles. The van der Waals surface area contributed by atoms with Gasteiger partial charge in [-0.15, -0.1) is 0 Å². The van der Waals surface area contributed by atoms with Gasteiger partial charge in [0.1, 0.15) is 10.8 Å². The van der Waals surface area contributed by atoms with Crippen LogP contribution in [0.3, 0.4) is 0 Å². The number of H-pyrrole nitrogens is 1. The van der Waals surface area contributed by atoms with Crippen LogP contribution in [0.4, 0.5) is 0 Å². The summed E-state index contributed by atoms with van der Waals surface area (Å²) in [7, 11) is 0. The highest BCUT2D eigenvalue weighted by molar-refractivity contribution is 6.36. The number of hydrogen-bond donors (Lipinski definition) is 2. The van der Waals surface area contributed by atoms with E-state index in [0.29, 0.717) is 16.6 Å². The maximum absolute atomic E-state index is 10.4. The number of aliphatic carboxylic acids is 1. The second-order valence-electron chi connectivity index (χ2n) is 2.92. The third kappa shape index (κ3) is 2.00. The molecule has 0 atom stereocenters. The number of aromatic nitrogens is 3. The van der Waals surface area contributed by atoms with E-state index in [-0.39, 0.29) is 10.4 Å². The third-order valence-corrected chi connectivity index (χ3v) is 2.34.